The fourth-order valence-electron chi connectivity index (χ4n) is 3.02. The number of hydrogen-bond acceptors (Lipinski definition) is 4. The minimum absolute atomic E-state index is 0.0404. The van der Waals surface area contributed by atoms with E-state index in [9.17, 15) is 18.0 Å². The second kappa shape index (κ2) is 5.06. The molecule has 2 fully saturated rings. The molecule has 3 rings (SSSR count). The summed E-state index contributed by atoms with van der Waals surface area (Å²) < 4.78 is 26.9. The first-order valence-electron chi connectivity index (χ1n) is 7.05. The van der Waals surface area contributed by atoms with Gasteiger partial charge in [-0.1, -0.05) is 18.2 Å². The number of aryl methyl sites for hydroxylation is 1. The quantitative estimate of drug-likeness (QED) is 0.768. The van der Waals surface area contributed by atoms with Crippen LogP contribution in [0.3, 0.4) is 0 Å². The molecule has 2 saturated heterocycles. The summed E-state index contributed by atoms with van der Waals surface area (Å²) >= 11 is 0. The van der Waals surface area contributed by atoms with Gasteiger partial charge in [0.05, 0.1) is 4.90 Å². The molecule has 2 aliphatic heterocycles. The third-order valence-electron chi connectivity index (χ3n) is 4.18. The van der Waals surface area contributed by atoms with Gasteiger partial charge < -0.3 is 5.32 Å². The van der Waals surface area contributed by atoms with Crippen LogP contribution in [0.25, 0.3) is 0 Å². The number of piperidine rings is 1. The molecule has 0 radical (unpaired) electrons. The van der Waals surface area contributed by atoms with Gasteiger partial charge in [0.15, 0.2) is 0 Å². The van der Waals surface area contributed by atoms with Crippen LogP contribution in [0, 0.1) is 6.92 Å². The molecule has 1 unspecified atom stereocenters. The zero-order chi connectivity index (χ0) is 16.0. The summed E-state index contributed by atoms with van der Waals surface area (Å²) in [6.45, 7) is 2.03. The normalized spacial score (nSPS) is 26.0. The predicted octanol–water partition coefficient (Wildman–Crippen LogP) is 0.358. The van der Waals surface area contributed by atoms with Crippen LogP contribution < -0.4 is 10.6 Å². The molecule has 2 aliphatic rings. The van der Waals surface area contributed by atoms with Crippen molar-refractivity contribution in [2.75, 3.05) is 13.1 Å². The van der Waals surface area contributed by atoms with Crippen LogP contribution in [0.4, 0.5) is 4.79 Å². The van der Waals surface area contributed by atoms with Crippen molar-refractivity contribution in [1.29, 1.82) is 0 Å². The number of sulfonamides is 1. The van der Waals surface area contributed by atoms with Crippen LogP contribution in [0.1, 0.15) is 18.4 Å². The van der Waals surface area contributed by atoms with E-state index in [0.717, 1.165) is 0 Å². The number of rotatable bonds is 2. The molecule has 2 heterocycles. The van der Waals surface area contributed by atoms with Crippen LogP contribution in [-0.2, 0) is 14.8 Å². The largest absolute Gasteiger partial charge is 0.322 e. The van der Waals surface area contributed by atoms with Gasteiger partial charge >= 0.3 is 6.03 Å². The lowest BCUT2D eigenvalue weighted by Gasteiger charge is -2.37. The Kier molecular flexibility index (Phi) is 3.45. The third kappa shape index (κ3) is 2.28. The first kappa shape index (κ1) is 15.0. The van der Waals surface area contributed by atoms with Crippen molar-refractivity contribution in [3.63, 3.8) is 0 Å². The summed E-state index contributed by atoms with van der Waals surface area (Å²) in [5.41, 5.74) is -0.493. The summed E-state index contributed by atoms with van der Waals surface area (Å²) in [6, 6.07) is 6.16. The lowest BCUT2D eigenvalue weighted by Crippen LogP contribution is -2.59. The van der Waals surface area contributed by atoms with Crippen LogP contribution in [0.2, 0.25) is 0 Å². The number of nitrogens with one attached hydrogen (secondary N) is 2. The Morgan fingerprint density at radius 3 is 2.59 bits per heavy atom. The standard InChI is InChI=1S/C14H17N3O4S/c1-10-5-2-3-6-11(10)22(20,21)17-8-4-7-14(9-17)12(18)15-13(19)16-14/h2-3,5-6H,4,7-9H2,1H3,(H2,15,16,18,19). The SMILES string of the molecule is Cc1ccccc1S(=O)(=O)N1CCCC2(C1)NC(=O)NC2=O. The van der Waals surface area contributed by atoms with Gasteiger partial charge in [-0.05, 0) is 31.4 Å². The molecule has 0 saturated carbocycles. The molecule has 7 nitrogen and oxygen atoms in total. The minimum Gasteiger partial charge on any atom is -0.322 e. The van der Waals surface area contributed by atoms with E-state index in [1.54, 1.807) is 31.2 Å². The number of nitrogens with zero attached hydrogens (tertiary/aromatic N) is 1. The van der Waals surface area contributed by atoms with Crippen molar-refractivity contribution in [2.24, 2.45) is 0 Å². The van der Waals surface area contributed by atoms with Gasteiger partial charge in [0, 0.05) is 13.1 Å². The number of carbonyl (C=O) groups is 2. The van der Waals surface area contributed by atoms with Crippen molar-refractivity contribution in [3.05, 3.63) is 29.8 Å². The maximum absolute atomic E-state index is 12.8. The summed E-state index contributed by atoms with van der Waals surface area (Å²) in [6.07, 6.45) is 0.948. The number of imide groups is 1. The van der Waals surface area contributed by atoms with E-state index < -0.39 is 27.5 Å². The lowest BCUT2D eigenvalue weighted by atomic mass is 9.90. The molecular formula is C14H17N3O4S. The smallest absolute Gasteiger partial charge is 0.322 e. The molecule has 1 spiro atoms. The van der Waals surface area contributed by atoms with Crippen molar-refractivity contribution in [2.45, 2.75) is 30.2 Å². The van der Waals surface area contributed by atoms with E-state index >= 15 is 0 Å². The van der Waals surface area contributed by atoms with E-state index in [4.69, 9.17) is 0 Å². The maximum atomic E-state index is 12.8. The molecule has 1 aromatic carbocycles. The monoisotopic (exact) mass is 323 g/mol. The highest BCUT2D eigenvalue weighted by Crippen LogP contribution is 2.29. The van der Waals surface area contributed by atoms with Gasteiger partial charge in [-0.15, -0.1) is 0 Å². The van der Waals surface area contributed by atoms with E-state index in [2.05, 4.69) is 10.6 Å². The molecule has 2 N–H and O–H groups in total. The van der Waals surface area contributed by atoms with Gasteiger partial charge in [0.2, 0.25) is 10.0 Å². The van der Waals surface area contributed by atoms with Crippen molar-refractivity contribution in [1.82, 2.24) is 14.9 Å². The summed E-state index contributed by atoms with van der Waals surface area (Å²) in [7, 11) is -3.70. The summed E-state index contributed by atoms with van der Waals surface area (Å²) in [5.74, 6) is -0.456. The van der Waals surface area contributed by atoms with Crippen molar-refractivity contribution in [3.8, 4) is 0 Å². The van der Waals surface area contributed by atoms with Crippen LogP contribution >= 0.6 is 0 Å². The zero-order valence-electron chi connectivity index (χ0n) is 12.1. The number of benzene rings is 1. The average Bonchev–Trinajstić information content (AvgIpc) is 2.73. The maximum Gasteiger partial charge on any atom is 0.322 e. The highest BCUT2D eigenvalue weighted by Gasteiger charge is 2.50. The number of amides is 3. The van der Waals surface area contributed by atoms with Gasteiger partial charge in [0.1, 0.15) is 5.54 Å². The van der Waals surface area contributed by atoms with Gasteiger partial charge in [0.25, 0.3) is 5.91 Å². The Labute approximate surface area is 128 Å². The Bertz CT molecular complexity index is 746. The van der Waals surface area contributed by atoms with E-state index in [0.29, 0.717) is 24.9 Å². The molecular weight excluding hydrogens is 306 g/mol. The Morgan fingerprint density at radius 2 is 1.95 bits per heavy atom. The zero-order valence-corrected chi connectivity index (χ0v) is 12.9. The molecule has 22 heavy (non-hydrogen) atoms. The second-order valence-electron chi connectivity index (χ2n) is 5.70. The highest BCUT2D eigenvalue weighted by atomic mass is 32.2. The molecule has 0 aromatic heterocycles. The average molecular weight is 323 g/mol. The second-order valence-corrected chi connectivity index (χ2v) is 7.60. The van der Waals surface area contributed by atoms with E-state index in [-0.39, 0.29) is 11.4 Å². The van der Waals surface area contributed by atoms with Gasteiger partial charge in [-0.2, -0.15) is 4.31 Å². The van der Waals surface area contributed by atoms with E-state index in [1.807, 2.05) is 0 Å². The third-order valence-corrected chi connectivity index (χ3v) is 6.19. The van der Waals surface area contributed by atoms with E-state index in [1.165, 1.54) is 4.31 Å². The lowest BCUT2D eigenvalue weighted by molar-refractivity contribution is -0.125. The Hall–Kier alpha value is -1.93. The summed E-state index contributed by atoms with van der Waals surface area (Å²) in [5, 5.41) is 4.77. The molecule has 1 aromatic rings. The van der Waals surface area contributed by atoms with Crippen LogP contribution in [0.5, 0.6) is 0 Å². The molecule has 118 valence electrons. The van der Waals surface area contributed by atoms with Crippen molar-refractivity contribution >= 4 is 22.0 Å². The molecule has 3 amide bonds. The highest BCUT2D eigenvalue weighted by molar-refractivity contribution is 7.89. The van der Waals surface area contributed by atoms with Crippen LogP contribution in [0.15, 0.2) is 29.2 Å². The number of carbonyl (C=O) groups excluding carboxylic acids is 2. The fraction of sp³-hybridized carbons (Fsp3) is 0.429. The predicted molar refractivity (Wildman–Crippen MR) is 78.6 cm³/mol. The minimum atomic E-state index is -3.70. The van der Waals surface area contributed by atoms with Crippen LogP contribution in [-0.4, -0.2) is 43.3 Å². The molecule has 8 heteroatoms. The Balaban J connectivity index is 1.94. The fourth-order valence-corrected chi connectivity index (χ4v) is 4.79. The molecule has 0 bridgehead atoms. The number of urea groups is 1. The molecule has 0 aliphatic carbocycles. The topological polar surface area (TPSA) is 95.6 Å². The number of hydrogen-bond donors (Lipinski definition) is 2. The first-order chi connectivity index (χ1) is 10.3. The van der Waals surface area contributed by atoms with Crippen molar-refractivity contribution < 1.29 is 18.0 Å². The summed E-state index contributed by atoms with van der Waals surface area (Å²) in [4.78, 5) is 23.7. The molecule has 1 atom stereocenters. The van der Waals surface area contributed by atoms with Gasteiger partial charge in [-0.3, -0.25) is 10.1 Å². The first-order valence-corrected chi connectivity index (χ1v) is 8.49. The van der Waals surface area contributed by atoms with Gasteiger partial charge in [-0.25, -0.2) is 13.2 Å². The Morgan fingerprint density at radius 1 is 1.23 bits per heavy atom.